The third-order valence-electron chi connectivity index (χ3n) is 3.66. The van der Waals surface area contributed by atoms with E-state index in [0.29, 0.717) is 6.54 Å². The zero-order chi connectivity index (χ0) is 14.8. The van der Waals surface area contributed by atoms with Crippen molar-refractivity contribution in [2.45, 2.75) is 20.4 Å². The Morgan fingerprint density at radius 3 is 2.38 bits per heavy atom. The zero-order valence-electron chi connectivity index (χ0n) is 12.4. The van der Waals surface area contributed by atoms with E-state index in [1.165, 1.54) is 11.1 Å². The van der Waals surface area contributed by atoms with Crippen LogP contribution in [0.15, 0.2) is 54.6 Å². The number of para-hydroxylation sites is 1. The van der Waals surface area contributed by atoms with Crippen molar-refractivity contribution < 1.29 is 0 Å². The average molecular weight is 277 g/mol. The van der Waals surface area contributed by atoms with Gasteiger partial charge in [-0.25, -0.2) is 4.68 Å². The van der Waals surface area contributed by atoms with Gasteiger partial charge in [0.25, 0.3) is 0 Å². The number of nitrogens with two attached hydrogens (primary N) is 1. The van der Waals surface area contributed by atoms with Crippen LogP contribution in [-0.4, -0.2) is 9.78 Å². The van der Waals surface area contributed by atoms with Gasteiger partial charge in [-0.2, -0.15) is 5.10 Å². The third-order valence-corrected chi connectivity index (χ3v) is 3.66. The molecule has 0 aliphatic rings. The summed E-state index contributed by atoms with van der Waals surface area (Å²) in [4.78, 5) is 0. The largest absolute Gasteiger partial charge is 0.325 e. The summed E-state index contributed by atoms with van der Waals surface area (Å²) < 4.78 is 1.99. The number of hydrogen-bond acceptors (Lipinski definition) is 2. The van der Waals surface area contributed by atoms with Crippen LogP contribution in [-0.2, 0) is 6.54 Å². The summed E-state index contributed by atoms with van der Waals surface area (Å²) in [7, 11) is 0. The van der Waals surface area contributed by atoms with Crippen molar-refractivity contribution in [3.63, 3.8) is 0 Å². The van der Waals surface area contributed by atoms with Gasteiger partial charge >= 0.3 is 0 Å². The first kappa shape index (κ1) is 13.6. The van der Waals surface area contributed by atoms with Crippen LogP contribution in [0.4, 0.5) is 0 Å². The van der Waals surface area contributed by atoms with E-state index in [4.69, 9.17) is 5.73 Å². The fourth-order valence-electron chi connectivity index (χ4n) is 2.44. The molecule has 0 amide bonds. The van der Waals surface area contributed by atoms with Crippen LogP contribution in [0.3, 0.4) is 0 Å². The lowest BCUT2D eigenvalue weighted by atomic mass is 10.1. The van der Waals surface area contributed by atoms with Gasteiger partial charge in [0.1, 0.15) is 0 Å². The summed E-state index contributed by atoms with van der Waals surface area (Å²) >= 11 is 0. The molecule has 0 bridgehead atoms. The summed E-state index contributed by atoms with van der Waals surface area (Å²) in [5, 5.41) is 4.65. The van der Waals surface area contributed by atoms with Crippen LogP contribution < -0.4 is 5.73 Å². The van der Waals surface area contributed by atoms with Gasteiger partial charge in [-0.1, -0.05) is 48.0 Å². The lowest BCUT2D eigenvalue weighted by Crippen LogP contribution is -2.03. The lowest BCUT2D eigenvalue weighted by molar-refractivity contribution is 0.833. The molecule has 106 valence electrons. The molecule has 0 atom stereocenters. The van der Waals surface area contributed by atoms with E-state index in [0.717, 1.165) is 22.6 Å². The summed E-state index contributed by atoms with van der Waals surface area (Å²) in [6.07, 6.45) is 0. The van der Waals surface area contributed by atoms with Gasteiger partial charge < -0.3 is 5.73 Å². The molecule has 0 spiro atoms. The Labute approximate surface area is 125 Å². The van der Waals surface area contributed by atoms with E-state index in [2.05, 4.69) is 61.4 Å². The van der Waals surface area contributed by atoms with Gasteiger partial charge in [0.15, 0.2) is 0 Å². The first-order valence-electron chi connectivity index (χ1n) is 7.11. The van der Waals surface area contributed by atoms with Crippen LogP contribution in [0, 0.1) is 13.8 Å². The number of nitrogens with zero attached hydrogens (tertiary/aromatic N) is 2. The molecule has 2 aromatic carbocycles. The average Bonchev–Trinajstić information content (AvgIpc) is 2.92. The van der Waals surface area contributed by atoms with E-state index in [9.17, 15) is 0 Å². The quantitative estimate of drug-likeness (QED) is 0.794. The molecule has 3 aromatic rings. The molecule has 3 nitrogen and oxygen atoms in total. The molecule has 0 unspecified atom stereocenters. The standard InChI is InChI=1S/C18H19N3/c1-13-7-9-15(10-8-13)18-11-16(12-19)20-21(18)17-6-4-3-5-14(17)2/h3-11H,12,19H2,1-2H3. The predicted octanol–water partition coefficient (Wildman–Crippen LogP) is 3.61. The van der Waals surface area contributed by atoms with Crippen LogP contribution in [0.1, 0.15) is 16.8 Å². The number of aromatic nitrogens is 2. The van der Waals surface area contributed by atoms with Crippen molar-refractivity contribution in [2.24, 2.45) is 5.73 Å². The molecule has 2 N–H and O–H groups in total. The number of benzene rings is 2. The van der Waals surface area contributed by atoms with Crippen molar-refractivity contribution in [3.05, 3.63) is 71.4 Å². The van der Waals surface area contributed by atoms with E-state index in [1.54, 1.807) is 0 Å². The molecule has 3 rings (SSSR count). The first-order valence-corrected chi connectivity index (χ1v) is 7.11. The monoisotopic (exact) mass is 277 g/mol. The highest BCUT2D eigenvalue weighted by Gasteiger charge is 2.12. The summed E-state index contributed by atoms with van der Waals surface area (Å²) in [5.41, 5.74) is 12.4. The Morgan fingerprint density at radius 2 is 1.71 bits per heavy atom. The predicted molar refractivity (Wildman–Crippen MR) is 86.4 cm³/mol. The Balaban J connectivity index is 2.19. The highest BCUT2D eigenvalue weighted by Crippen LogP contribution is 2.25. The van der Waals surface area contributed by atoms with Crippen LogP contribution in [0.5, 0.6) is 0 Å². The maximum Gasteiger partial charge on any atom is 0.0771 e. The molecule has 0 aliphatic carbocycles. The molecule has 0 saturated carbocycles. The maximum absolute atomic E-state index is 5.77. The van der Waals surface area contributed by atoms with E-state index < -0.39 is 0 Å². The Bertz CT molecular complexity index is 754. The van der Waals surface area contributed by atoms with Crippen molar-refractivity contribution in [3.8, 4) is 16.9 Å². The SMILES string of the molecule is Cc1ccc(-c2cc(CN)nn2-c2ccccc2C)cc1. The summed E-state index contributed by atoms with van der Waals surface area (Å²) in [6.45, 7) is 4.63. The van der Waals surface area contributed by atoms with E-state index in [-0.39, 0.29) is 0 Å². The fourth-order valence-corrected chi connectivity index (χ4v) is 2.44. The second kappa shape index (κ2) is 5.54. The minimum atomic E-state index is 0.442. The smallest absolute Gasteiger partial charge is 0.0771 e. The van der Waals surface area contributed by atoms with Gasteiger partial charge in [-0.3, -0.25) is 0 Å². The zero-order valence-corrected chi connectivity index (χ0v) is 12.4. The van der Waals surface area contributed by atoms with Gasteiger partial charge in [-0.05, 0) is 31.5 Å². The molecule has 0 aliphatic heterocycles. The second-order valence-electron chi connectivity index (χ2n) is 5.29. The molecule has 21 heavy (non-hydrogen) atoms. The van der Waals surface area contributed by atoms with E-state index in [1.807, 2.05) is 16.8 Å². The van der Waals surface area contributed by atoms with Crippen LogP contribution in [0.2, 0.25) is 0 Å². The molecular formula is C18H19N3. The summed E-state index contributed by atoms with van der Waals surface area (Å²) in [6, 6.07) is 18.8. The summed E-state index contributed by atoms with van der Waals surface area (Å²) in [5.74, 6) is 0. The van der Waals surface area contributed by atoms with Gasteiger partial charge in [0.2, 0.25) is 0 Å². The normalized spacial score (nSPS) is 10.8. The molecule has 0 radical (unpaired) electrons. The fraction of sp³-hybridized carbons (Fsp3) is 0.167. The minimum absolute atomic E-state index is 0.442. The van der Waals surface area contributed by atoms with Crippen LogP contribution in [0.25, 0.3) is 16.9 Å². The van der Waals surface area contributed by atoms with Gasteiger partial charge in [-0.15, -0.1) is 0 Å². The van der Waals surface area contributed by atoms with Gasteiger partial charge in [0.05, 0.1) is 17.1 Å². The second-order valence-corrected chi connectivity index (χ2v) is 5.29. The van der Waals surface area contributed by atoms with Gasteiger partial charge in [0, 0.05) is 12.1 Å². The number of aryl methyl sites for hydroxylation is 2. The lowest BCUT2D eigenvalue weighted by Gasteiger charge is -2.10. The molecule has 0 fully saturated rings. The topological polar surface area (TPSA) is 43.8 Å². The molecule has 3 heteroatoms. The Kier molecular flexibility index (Phi) is 3.59. The van der Waals surface area contributed by atoms with Crippen molar-refractivity contribution in [2.75, 3.05) is 0 Å². The molecule has 1 heterocycles. The highest BCUT2D eigenvalue weighted by atomic mass is 15.3. The Morgan fingerprint density at radius 1 is 1.00 bits per heavy atom. The minimum Gasteiger partial charge on any atom is -0.325 e. The number of rotatable bonds is 3. The molecular weight excluding hydrogens is 258 g/mol. The maximum atomic E-state index is 5.77. The Hall–Kier alpha value is -2.39. The van der Waals surface area contributed by atoms with Crippen molar-refractivity contribution >= 4 is 0 Å². The number of hydrogen-bond donors (Lipinski definition) is 1. The van der Waals surface area contributed by atoms with Crippen molar-refractivity contribution in [1.29, 1.82) is 0 Å². The van der Waals surface area contributed by atoms with Crippen LogP contribution >= 0.6 is 0 Å². The molecule has 0 saturated heterocycles. The van der Waals surface area contributed by atoms with Crippen molar-refractivity contribution in [1.82, 2.24) is 9.78 Å². The highest BCUT2D eigenvalue weighted by molar-refractivity contribution is 5.63. The first-order chi connectivity index (χ1) is 10.2. The third kappa shape index (κ3) is 2.60. The van der Waals surface area contributed by atoms with E-state index >= 15 is 0 Å². The molecule has 1 aromatic heterocycles.